The minimum absolute atomic E-state index is 0.130. The highest BCUT2D eigenvalue weighted by atomic mass is 35.5. The van der Waals surface area contributed by atoms with E-state index in [-0.39, 0.29) is 16.9 Å². The summed E-state index contributed by atoms with van der Waals surface area (Å²) < 4.78 is 81.1. The normalized spacial score (nSPS) is 14.0. The van der Waals surface area contributed by atoms with Gasteiger partial charge in [-0.25, -0.2) is 4.68 Å². The lowest BCUT2D eigenvalue weighted by molar-refractivity contribution is -0.138. The fourth-order valence-electron chi connectivity index (χ4n) is 3.37. The maximum absolute atomic E-state index is 13.4. The molecule has 0 bridgehead atoms. The van der Waals surface area contributed by atoms with E-state index in [0.717, 1.165) is 22.9 Å². The first-order valence-corrected chi connectivity index (χ1v) is 8.84. The number of nitrogens with zero attached hydrogens (tertiary/aromatic N) is 2. The summed E-state index contributed by atoms with van der Waals surface area (Å²) in [6.07, 6.45) is -8.86. The summed E-state index contributed by atoms with van der Waals surface area (Å²) in [6.45, 7) is 0.439. The molecule has 2 heterocycles. The Balaban J connectivity index is 1.91. The van der Waals surface area contributed by atoms with E-state index in [0.29, 0.717) is 24.3 Å². The molecule has 3 aromatic rings. The molecule has 1 aliphatic rings. The summed E-state index contributed by atoms with van der Waals surface area (Å²) in [4.78, 5) is 0. The van der Waals surface area contributed by atoms with Crippen LogP contribution in [0, 0.1) is 0 Å². The molecular formula is C19H12ClF6N3. The average Bonchev–Trinajstić information content (AvgIpc) is 3.23. The van der Waals surface area contributed by atoms with Gasteiger partial charge in [-0.3, -0.25) is 0 Å². The molecule has 0 saturated carbocycles. The van der Waals surface area contributed by atoms with E-state index in [4.69, 9.17) is 11.6 Å². The van der Waals surface area contributed by atoms with Crippen molar-refractivity contribution < 1.29 is 26.3 Å². The molecule has 0 amide bonds. The lowest BCUT2D eigenvalue weighted by Gasteiger charge is -2.14. The van der Waals surface area contributed by atoms with Crippen molar-refractivity contribution in [1.82, 2.24) is 9.78 Å². The molecule has 0 atom stereocenters. The number of rotatable bonds is 2. The number of anilines is 1. The molecule has 152 valence electrons. The number of para-hydroxylation sites is 1. The molecule has 0 unspecified atom stereocenters. The monoisotopic (exact) mass is 431 g/mol. The molecular weight excluding hydrogens is 420 g/mol. The third-order valence-electron chi connectivity index (χ3n) is 4.63. The van der Waals surface area contributed by atoms with Gasteiger partial charge < -0.3 is 5.32 Å². The average molecular weight is 432 g/mol. The molecule has 0 aliphatic carbocycles. The van der Waals surface area contributed by atoms with Crippen molar-refractivity contribution in [2.24, 2.45) is 0 Å². The number of halogens is 7. The Kier molecular flexibility index (Phi) is 4.53. The van der Waals surface area contributed by atoms with Gasteiger partial charge in [0.25, 0.3) is 0 Å². The predicted molar refractivity (Wildman–Crippen MR) is 96.2 cm³/mol. The quantitative estimate of drug-likeness (QED) is 0.490. The fourth-order valence-corrected chi connectivity index (χ4v) is 3.59. The zero-order valence-corrected chi connectivity index (χ0v) is 15.3. The van der Waals surface area contributed by atoms with Gasteiger partial charge in [0.1, 0.15) is 5.82 Å². The molecule has 10 heteroatoms. The van der Waals surface area contributed by atoms with E-state index in [1.807, 2.05) is 0 Å². The topological polar surface area (TPSA) is 29.9 Å². The van der Waals surface area contributed by atoms with E-state index < -0.39 is 28.5 Å². The molecule has 1 aromatic heterocycles. The second-order valence-corrected chi connectivity index (χ2v) is 6.88. The molecule has 0 spiro atoms. The Bertz CT molecular complexity index is 1080. The van der Waals surface area contributed by atoms with Gasteiger partial charge in [0.15, 0.2) is 0 Å². The second-order valence-electron chi connectivity index (χ2n) is 6.47. The highest BCUT2D eigenvalue weighted by Crippen LogP contribution is 2.41. The summed E-state index contributed by atoms with van der Waals surface area (Å²) in [5.41, 5.74) is -1.26. The largest absolute Gasteiger partial charge is 0.418 e. The number of fused-ring (bicyclic) bond motifs is 1. The highest BCUT2D eigenvalue weighted by Gasteiger charge is 2.37. The van der Waals surface area contributed by atoms with Crippen molar-refractivity contribution in [3.8, 4) is 16.9 Å². The van der Waals surface area contributed by atoms with E-state index >= 15 is 0 Å². The lowest BCUT2D eigenvalue weighted by Crippen LogP contribution is -2.13. The zero-order valence-electron chi connectivity index (χ0n) is 14.5. The van der Waals surface area contributed by atoms with Gasteiger partial charge in [0.2, 0.25) is 0 Å². The zero-order chi connectivity index (χ0) is 21.0. The molecule has 3 nitrogen and oxygen atoms in total. The minimum Gasteiger partial charge on any atom is -0.369 e. The predicted octanol–water partition coefficient (Wildman–Crippen LogP) is 6.20. The van der Waals surface area contributed by atoms with Crippen LogP contribution in [-0.4, -0.2) is 16.3 Å². The Morgan fingerprint density at radius 1 is 0.931 bits per heavy atom. The van der Waals surface area contributed by atoms with Gasteiger partial charge in [0.05, 0.1) is 27.5 Å². The van der Waals surface area contributed by atoms with Crippen LogP contribution in [0.1, 0.15) is 16.7 Å². The number of aromatic nitrogens is 2. The Labute approximate surface area is 165 Å². The SMILES string of the molecule is FC(F)(F)c1cc(-c2nn(-c3ccccc3C(F)(F)F)c3c2CCN3)ccc1Cl. The molecule has 29 heavy (non-hydrogen) atoms. The van der Waals surface area contributed by atoms with Crippen molar-refractivity contribution in [3.05, 3.63) is 64.2 Å². The number of hydrogen-bond acceptors (Lipinski definition) is 2. The van der Waals surface area contributed by atoms with Crippen molar-refractivity contribution in [3.63, 3.8) is 0 Å². The summed E-state index contributed by atoms with van der Waals surface area (Å²) in [5, 5.41) is 6.76. The van der Waals surface area contributed by atoms with Gasteiger partial charge in [-0.1, -0.05) is 29.8 Å². The molecule has 0 fully saturated rings. The number of hydrogen-bond donors (Lipinski definition) is 1. The van der Waals surface area contributed by atoms with Crippen molar-refractivity contribution >= 4 is 17.4 Å². The first kappa shape index (κ1) is 19.6. The van der Waals surface area contributed by atoms with Crippen LogP contribution < -0.4 is 5.32 Å². The first-order chi connectivity index (χ1) is 13.6. The molecule has 1 N–H and O–H groups in total. The standard InChI is InChI=1S/C19H12ClF6N3/c20-14-6-5-10(9-13(14)19(24,25)26)16-11-7-8-27-17(11)29(28-16)15-4-2-1-3-12(15)18(21,22)23/h1-6,9,27H,7-8H2. The third kappa shape index (κ3) is 3.43. The molecule has 2 aromatic carbocycles. The van der Waals surface area contributed by atoms with Gasteiger partial charge in [-0.15, -0.1) is 0 Å². The number of alkyl halides is 6. The van der Waals surface area contributed by atoms with Crippen LogP contribution in [-0.2, 0) is 18.8 Å². The van der Waals surface area contributed by atoms with Gasteiger partial charge >= 0.3 is 12.4 Å². The van der Waals surface area contributed by atoms with Crippen LogP contribution in [0.2, 0.25) is 5.02 Å². The van der Waals surface area contributed by atoms with Crippen molar-refractivity contribution in [2.45, 2.75) is 18.8 Å². The Hall–Kier alpha value is -2.68. The number of nitrogens with one attached hydrogen (secondary N) is 1. The van der Waals surface area contributed by atoms with Crippen LogP contribution in [0.4, 0.5) is 32.2 Å². The van der Waals surface area contributed by atoms with Gasteiger partial charge in [0, 0.05) is 17.7 Å². The summed E-state index contributed by atoms with van der Waals surface area (Å²) in [6, 6.07) is 8.25. The van der Waals surface area contributed by atoms with Crippen LogP contribution >= 0.6 is 11.6 Å². The Morgan fingerprint density at radius 3 is 2.31 bits per heavy atom. The molecule has 4 rings (SSSR count). The van der Waals surface area contributed by atoms with E-state index in [9.17, 15) is 26.3 Å². The van der Waals surface area contributed by atoms with Crippen LogP contribution in [0.15, 0.2) is 42.5 Å². The van der Waals surface area contributed by atoms with Crippen molar-refractivity contribution in [1.29, 1.82) is 0 Å². The third-order valence-corrected chi connectivity index (χ3v) is 4.96. The summed E-state index contributed by atoms with van der Waals surface area (Å²) in [5.74, 6) is 0.334. The van der Waals surface area contributed by atoms with Crippen LogP contribution in [0.5, 0.6) is 0 Å². The maximum Gasteiger partial charge on any atom is 0.418 e. The molecule has 1 aliphatic heterocycles. The lowest BCUT2D eigenvalue weighted by atomic mass is 10.0. The van der Waals surface area contributed by atoms with E-state index in [1.165, 1.54) is 24.3 Å². The van der Waals surface area contributed by atoms with Gasteiger partial charge in [-0.05, 0) is 30.7 Å². The Morgan fingerprint density at radius 2 is 1.62 bits per heavy atom. The first-order valence-electron chi connectivity index (χ1n) is 8.47. The van der Waals surface area contributed by atoms with Crippen LogP contribution in [0.25, 0.3) is 16.9 Å². The maximum atomic E-state index is 13.4. The fraction of sp³-hybridized carbons (Fsp3) is 0.211. The summed E-state index contributed by atoms with van der Waals surface area (Å²) in [7, 11) is 0. The minimum atomic E-state index is -4.67. The second kappa shape index (κ2) is 6.69. The summed E-state index contributed by atoms with van der Waals surface area (Å²) >= 11 is 5.67. The smallest absolute Gasteiger partial charge is 0.369 e. The number of benzene rings is 2. The van der Waals surface area contributed by atoms with Crippen LogP contribution in [0.3, 0.4) is 0 Å². The van der Waals surface area contributed by atoms with E-state index in [1.54, 1.807) is 0 Å². The van der Waals surface area contributed by atoms with Gasteiger partial charge in [-0.2, -0.15) is 31.4 Å². The highest BCUT2D eigenvalue weighted by molar-refractivity contribution is 6.31. The van der Waals surface area contributed by atoms with Crippen molar-refractivity contribution in [2.75, 3.05) is 11.9 Å². The molecule has 0 radical (unpaired) electrons. The van der Waals surface area contributed by atoms with E-state index in [2.05, 4.69) is 10.4 Å². The molecule has 0 saturated heterocycles.